The molecule has 9 nitrogen and oxygen atoms in total. The van der Waals surface area contributed by atoms with Gasteiger partial charge in [-0.3, -0.25) is 9.69 Å². The lowest BCUT2D eigenvalue weighted by Gasteiger charge is -2.32. The van der Waals surface area contributed by atoms with Crippen LogP contribution < -0.4 is 27.0 Å². The first kappa shape index (κ1) is 22.8. The molecule has 1 saturated heterocycles. The molecule has 0 saturated carbocycles. The normalized spacial score (nSPS) is 19.7. The van der Waals surface area contributed by atoms with Crippen molar-refractivity contribution in [3.05, 3.63) is 0 Å². The maximum atomic E-state index is 12.7. The van der Waals surface area contributed by atoms with Crippen LogP contribution in [0.25, 0.3) is 0 Å². The molecule has 1 amide bonds. The van der Waals surface area contributed by atoms with E-state index in [4.69, 9.17) is 10.5 Å². The molecule has 1 heterocycles. The Kier molecular flexibility index (Phi) is 10.7. The van der Waals surface area contributed by atoms with Crippen LogP contribution >= 0.6 is 0 Å². The largest absolute Gasteiger partial charge is 0.458 e. The van der Waals surface area contributed by atoms with Crippen molar-refractivity contribution in [1.82, 2.24) is 26.2 Å². The molecule has 1 atom stereocenters. The Morgan fingerprint density at radius 3 is 2.00 bits per heavy atom. The van der Waals surface area contributed by atoms with Crippen LogP contribution in [0, 0.1) is 0 Å². The lowest BCUT2D eigenvalue weighted by molar-refractivity contribution is -0.164. The summed E-state index contributed by atoms with van der Waals surface area (Å²) in [6.45, 7) is 12.0. The molecule has 1 aliphatic heterocycles. The van der Waals surface area contributed by atoms with E-state index in [0.29, 0.717) is 39.3 Å². The molecule has 1 fully saturated rings. The van der Waals surface area contributed by atoms with Crippen LogP contribution in [-0.4, -0.2) is 93.9 Å². The minimum Gasteiger partial charge on any atom is -0.458 e. The molecule has 0 aliphatic carbocycles. The molecular formula is C17H36N6O3. The Labute approximate surface area is 156 Å². The van der Waals surface area contributed by atoms with Gasteiger partial charge >= 0.3 is 5.97 Å². The molecule has 152 valence electrons. The first-order valence-electron chi connectivity index (χ1n) is 9.42. The summed E-state index contributed by atoms with van der Waals surface area (Å²) in [5.41, 5.74) is 4.82. The maximum Gasteiger partial charge on any atom is 0.333 e. The Balaban J connectivity index is 2.86. The van der Waals surface area contributed by atoms with Gasteiger partial charge in [-0.25, -0.2) is 4.79 Å². The van der Waals surface area contributed by atoms with Gasteiger partial charge in [0.15, 0.2) is 6.04 Å². The molecule has 0 aromatic heterocycles. The second-order valence-electron chi connectivity index (χ2n) is 7.30. The zero-order chi connectivity index (χ0) is 19.4. The Bertz CT molecular complexity index is 415. The average molecular weight is 373 g/mol. The first-order chi connectivity index (χ1) is 12.3. The molecule has 1 aliphatic rings. The number of rotatable bonds is 5. The lowest BCUT2D eigenvalue weighted by Crippen LogP contribution is -2.56. The van der Waals surface area contributed by atoms with Gasteiger partial charge in [0.2, 0.25) is 5.91 Å². The third kappa shape index (κ3) is 9.44. The zero-order valence-electron chi connectivity index (χ0n) is 16.4. The van der Waals surface area contributed by atoms with Crippen LogP contribution in [0.1, 0.15) is 20.8 Å². The highest BCUT2D eigenvalue weighted by Crippen LogP contribution is 2.12. The molecular weight excluding hydrogens is 336 g/mol. The fourth-order valence-electron chi connectivity index (χ4n) is 2.62. The van der Waals surface area contributed by atoms with Gasteiger partial charge in [-0.15, -0.1) is 0 Å². The molecule has 1 rings (SSSR count). The van der Waals surface area contributed by atoms with Crippen molar-refractivity contribution in [2.24, 2.45) is 5.73 Å². The molecule has 0 spiro atoms. The molecule has 0 aromatic carbocycles. The van der Waals surface area contributed by atoms with Gasteiger partial charge in [0.1, 0.15) is 5.60 Å². The Hall–Kier alpha value is -1.26. The highest BCUT2D eigenvalue weighted by atomic mass is 16.6. The van der Waals surface area contributed by atoms with Crippen LogP contribution in [0.2, 0.25) is 0 Å². The van der Waals surface area contributed by atoms with E-state index in [1.807, 2.05) is 4.90 Å². The molecule has 1 unspecified atom stereocenters. The smallest absolute Gasteiger partial charge is 0.333 e. The number of amides is 1. The Morgan fingerprint density at radius 1 is 1.04 bits per heavy atom. The predicted octanol–water partition coefficient (Wildman–Crippen LogP) is -2.14. The van der Waals surface area contributed by atoms with Crippen molar-refractivity contribution in [2.45, 2.75) is 32.4 Å². The van der Waals surface area contributed by atoms with Gasteiger partial charge in [0.05, 0.1) is 0 Å². The highest BCUT2D eigenvalue weighted by Gasteiger charge is 2.35. The minimum atomic E-state index is -0.981. The summed E-state index contributed by atoms with van der Waals surface area (Å²) in [6.07, 6.45) is 0. The van der Waals surface area contributed by atoms with Crippen molar-refractivity contribution >= 4 is 11.9 Å². The van der Waals surface area contributed by atoms with E-state index >= 15 is 0 Å². The van der Waals surface area contributed by atoms with Gasteiger partial charge in [-0.2, -0.15) is 0 Å². The zero-order valence-corrected chi connectivity index (χ0v) is 16.4. The van der Waals surface area contributed by atoms with E-state index < -0.39 is 17.6 Å². The van der Waals surface area contributed by atoms with Crippen LogP contribution in [0.3, 0.4) is 0 Å². The van der Waals surface area contributed by atoms with Crippen molar-refractivity contribution in [3.63, 3.8) is 0 Å². The summed E-state index contributed by atoms with van der Waals surface area (Å²) in [6, 6.07) is -0.981. The van der Waals surface area contributed by atoms with Crippen molar-refractivity contribution < 1.29 is 14.3 Å². The molecule has 0 radical (unpaired) electrons. The molecule has 0 bridgehead atoms. The number of esters is 1. The van der Waals surface area contributed by atoms with E-state index in [0.717, 1.165) is 26.2 Å². The average Bonchev–Trinajstić information content (AvgIpc) is 2.53. The monoisotopic (exact) mass is 372 g/mol. The summed E-state index contributed by atoms with van der Waals surface area (Å²) in [7, 11) is 0. The second-order valence-corrected chi connectivity index (χ2v) is 7.30. The molecule has 0 aromatic rings. The first-order valence-corrected chi connectivity index (χ1v) is 9.42. The van der Waals surface area contributed by atoms with E-state index in [1.54, 1.807) is 20.8 Å². The summed E-state index contributed by atoms with van der Waals surface area (Å²) in [5.74, 6) is -0.890. The summed E-state index contributed by atoms with van der Waals surface area (Å²) in [4.78, 5) is 27.2. The van der Waals surface area contributed by atoms with Gasteiger partial charge in [0, 0.05) is 65.4 Å². The maximum absolute atomic E-state index is 12.7. The van der Waals surface area contributed by atoms with E-state index in [9.17, 15) is 9.59 Å². The van der Waals surface area contributed by atoms with E-state index in [2.05, 4.69) is 21.3 Å². The quantitative estimate of drug-likeness (QED) is 0.274. The summed E-state index contributed by atoms with van der Waals surface area (Å²) in [5, 5.41) is 12.7. The van der Waals surface area contributed by atoms with Gasteiger partial charge < -0.3 is 31.7 Å². The van der Waals surface area contributed by atoms with Crippen molar-refractivity contribution in [3.8, 4) is 0 Å². The van der Waals surface area contributed by atoms with Gasteiger partial charge in [-0.05, 0) is 20.8 Å². The topological polar surface area (TPSA) is 121 Å². The molecule has 6 N–H and O–H groups in total. The number of hydrogen-bond donors (Lipinski definition) is 5. The lowest BCUT2D eigenvalue weighted by atomic mass is 10.1. The highest BCUT2D eigenvalue weighted by molar-refractivity contribution is 6.02. The number of carbonyl (C=O) groups is 2. The number of ether oxygens (including phenoxy) is 1. The van der Waals surface area contributed by atoms with Crippen LogP contribution in [0.15, 0.2) is 0 Å². The number of hydrogen-bond acceptors (Lipinski definition) is 8. The SMILES string of the molecule is CC(C)(C)OC(=O)C(C(=O)NCCN)N1CCNCCNCCNCC1. The number of nitrogens with two attached hydrogens (primary N) is 1. The van der Waals surface area contributed by atoms with Crippen molar-refractivity contribution in [1.29, 1.82) is 0 Å². The standard InChI is InChI=1S/C17H36N6O3/c1-17(2,3)26-16(25)14(15(24)22-5-4-18)23-12-10-20-8-6-19-7-9-21-11-13-23/h14,19-21H,4-13,18H2,1-3H3,(H,22,24). The van der Waals surface area contributed by atoms with Crippen molar-refractivity contribution in [2.75, 3.05) is 65.4 Å². The molecule has 26 heavy (non-hydrogen) atoms. The van der Waals surface area contributed by atoms with Crippen LogP contribution in [-0.2, 0) is 14.3 Å². The number of nitrogens with zero attached hydrogens (tertiary/aromatic N) is 1. The van der Waals surface area contributed by atoms with Crippen LogP contribution in [0.5, 0.6) is 0 Å². The predicted molar refractivity (Wildman–Crippen MR) is 102 cm³/mol. The third-order valence-electron chi connectivity index (χ3n) is 3.80. The summed E-state index contributed by atoms with van der Waals surface area (Å²) < 4.78 is 5.50. The Morgan fingerprint density at radius 2 is 1.54 bits per heavy atom. The van der Waals surface area contributed by atoms with E-state index in [1.165, 1.54) is 0 Å². The van der Waals surface area contributed by atoms with Crippen LogP contribution in [0.4, 0.5) is 0 Å². The summed E-state index contributed by atoms with van der Waals surface area (Å²) >= 11 is 0. The third-order valence-corrected chi connectivity index (χ3v) is 3.80. The van der Waals surface area contributed by atoms with Gasteiger partial charge in [-0.1, -0.05) is 0 Å². The fraction of sp³-hybridized carbons (Fsp3) is 0.882. The van der Waals surface area contributed by atoms with Gasteiger partial charge in [0.25, 0.3) is 0 Å². The second kappa shape index (κ2) is 12.2. The molecule has 9 heteroatoms. The fourth-order valence-corrected chi connectivity index (χ4v) is 2.62. The number of nitrogens with one attached hydrogen (secondary N) is 4. The van der Waals surface area contributed by atoms with E-state index in [-0.39, 0.29) is 5.91 Å². The number of carbonyl (C=O) groups excluding carboxylic acids is 2. The minimum absolute atomic E-state index is 0.322.